The molecule has 5 nitrogen and oxygen atoms in total. The van der Waals surface area contributed by atoms with Crippen molar-refractivity contribution in [3.8, 4) is 11.4 Å². The van der Waals surface area contributed by atoms with Crippen molar-refractivity contribution in [1.29, 1.82) is 0 Å². The maximum absolute atomic E-state index is 15.2. The second-order valence-electron chi connectivity index (χ2n) is 7.05. The summed E-state index contributed by atoms with van der Waals surface area (Å²) in [7, 11) is 1.85. The monoisotopic (exact) mass is 364 g/mol. The fourth-order valence-corrected chi connectivity index (χ4v) is 4.01. The van der Waals surface area contributed by atoms with Crippen LogP contribution in [0.3, 0.4) is 0 Å². The van der Waals surface area contributed by atoms with E-state index in [1.807, 2.05) is 57.3 Å². The Labute approximate surface area is 157 Å². The highest BCUT2D eigenvalue weighted by Gasteiger charge is 2.50. The molecule has 1 amide bonds. The van der Waals surface area contributed by atoms with Gasteiger partial charge in [0, 0.05) is 19.7 Å². The smallest absolute Gasteiger partial charge is 0.266 e. The highest BCUT2D eigenvalue weighted by atomic mass is 19.2. The van der Waals surface area contributed by atoms with Crippen LogP contribution in [-0.4, -0.2) is 25.8 Å². The molecule has 0 N–H and O–H groups in total. The summed E-state index contributed by atoms with van der Waals surface area (Å²) >= 11 is 0. The van der Waals surface area contributed by atoms with Gasteiger partial charge >= 0.3 is 0 Å². The molecule has 3 aromatic rings. The lowest BCUT2D eigenvalue weighted by Crippen LogP contribution is -2.39. The summed E-state index contributed by atoms with van der Waals surface area (Å²) in [6, 6.07) is 11.5. The molecule has 0 radical (unpaired) electrons. The number of carbonyl (C=O) groups is 1. The van der Waals surface area contributed by atoms with Gasteiger partial charge in [-0.05, 0) is 36.1 Å². The molecule has 0 saturated heterocycles. The Morgan fingerprint density at radius 2 is 1.93 bits per heavy atom. The zero-order chi connectivity index (χ0) is 19.2. The summed E-state index contributed by atoms with van der Waals surface area (Å²) in [6.45, 7) is 3.87. The van der Waals surface area contributed by atoms with Crippen LogP contribution < -0.4 is 0 Å². The lowest BCUT2D eigenvalue weighted by Gasteiger charge is -2.32. The third-order valence-corrected chi connectivity index (χ3v) is 5.48. The molecule has 1 aromatic carbocycles. The highest BCUT2D eigenvalue weighted by Crippen LogP contribution is 2.45. The van der Waals surface area contributed by atoms with Crippen molar-refractivity contribution in [3.05, 3.63) is 71.0 Å². The molecule has 1 unspecified atom stereocenters. The number of fused-ring (bicyclic) bond motifs is 1. The van der Waals surface area contributed by atoms with Gasteiger partial charge in [-0.25, -0.2) is 0 Å². The molecule has 1 aliphatic heterocycles. The van der Waals surface area contributed by atoms with Gasteiger partial charge in [0.05, 0.1) is 23.1 Å². The molecular formula is C21H21FN4O. The predicted molar refractivity (Wildman–Crippen MR) is 101 cm³/mol. The Bertz CT molecular complexity index is 995. The molecule has 3 heterocycles. The number of halogens is 1. The van der Waals surface area contributed by atoms with E-state index >= 15 is 4.48 Å². The number of carbonyl (C=O) groups excluding carboxylic acids is 1. The Balaban J connectivity index is 1.88. The molecule has 138 valence electrons. The van der Waals surface area contributed by atoms with Crippen LogP contribution in [0, 0.1) is 6.92 Å². The molecule has 0 fully saturated rings. The zero-order valence-electron chi connectivity index (χ0n) is 15.6. The summed E-state index contributed by atoms with van der Waals surface area (Å²) in [5.41, 5.74) is 3.52. The minimum atomic E-state index is -1.03. The van der Waals surface area contributed by atoms with Gasteiger partial charge in [0.1, 0.15) is 5.54 Å². The second kappa shape index (κ2) is 6.30. The SMILES string of the molecule is CCC1(Cc2ccccc2)c2cc(-c3c(C)cnn3C)ncc2C(=O)N1F. The Morgan fingerprint density at radius 3 is 2.56 bits per heavy atom. The lowest BCUT2D eigenvalue weighted by molar-refractivity contribution is -0.0490. The van der Waals surface area contributed by atoms with Crippen molar-refractivity contribution >= 4 is 5.91 Å². The van der Waals surface area contributed by atoms with Gasteiger partial charge in [-0.1, -0.05) is 41.7 Å². The first kappa shape index (κ1) is 17.4. The number of aromatic nitrogens is 3. The van der Waals surface area contributed by atoms with Crippen LogP contribution in [0.1, 0.15) is 40.4 Å². The summed E-state index contributed by atoms with van der Waals surface area (Å²) in [6.07, 6.45) is 4.14. The van der Waals surface area contributed by atoms with E-state index in [2.05, 4.69) is 10.1 Å². The third-order valence-electron chi connectivity index (χ3n) is 5.48. The average Bonchev–Trinajstić information content (AvgIpc) is 3.12. The normalized spacial score (nSPS) is 18.8. The highest BCUT2D eigenvalue weighted by molar-refractivity contribution is 5.99. The molecule has 1 atom stereocenters. The van der Waals surface area contributed by atoms with Crippen LogP contribution in [0.15, 0.2) is 48.8 Å². The van der Waals surface area contributed by atoms with Crippen molar-refractivity contribution in [1.82, 2.24) is 19.9 Å². The number of nitrogens with zero attached hydrogens (tertiary/aromatic N) is 4. The molecule has 6 heteroatoms. The van der Waals surface area contributed by atoms with Crippen molar-refractivity contribution in [2.45, 2.75) is 32.2 Å². The number of benzene rings is 1. The molecule has 27 heavy (non-hydrogen) atoms. The topological polar surface area (TPSA) is 51.0 Å². The van der Waals surface area contributed by atoms with Crippen LogP contribution in [0.5, 0.6) is 0 Å². The fourth-order valence-electron chi connectivity index (χ4n) is 4.01. The number of rotatable bonds is 4. The first-order chi connectivity index (χ1) is 13.0. The molecule has 0 spiro atoms. The number of hydrogen-bond donors (Lipinski definition) is 0. The minimum Gasteiger partial charge on any atom is -0.266 e. The maximum Gasteiger partial charge on any atom is 0.284 e. The van der Waals surface area contributed by atoms with Gasteiger partial charge < -0.3 is 0 Å². The predicted octanol–water partition coefficient (Wildman–Crippen LogP) is 3.98. The Morgan fingerprint density at radius 1 is 1.19 bits per heavy atom. The Kier molecular flexibility index (Phi) is 4.06. The quantitative estimate of drug-likeness (QED) is 0.658. The van der Waals surface area contributed by atoms with Crippen molar-refractivity contribution in [2.75, 3.05) is 0 Å². The standard InChI is InChI=1S/C21H21FN4O/c1-4-21(11-15-8-6-5-7-9-15)17-10-18(19-14(2)12-24-25(19)3)23-13-16(17)20(27)26(21)22/h5-10,12-13H,4,11H2,1-3H3. The van der Waals surface area contributed by atoms with Gasteiger partial charge in [-0.15, -0.1) is 0 Å². The maximum atomic E-state index is 15.2. The van der Waals surface area contributed by atoms with Crippen LogP contribution in [-0.2, 0) is 19.0 Å². The lowest BCUT2D eigenvalue weighted by atomic mass is 9.82. The van der Waals surface area contributed by atoms with E-state index in [0.29, 0.717) is 34.8 Å². The van der Waals surface area contributed by atoms with Gasteiger partial charge in [-0.2, -0.15) is 10.2 Å². The van der Waals surface area contributed by atoms with Gasteiger partial charge in [0.25, 0.3) is 5.91 Å². The molecule has 2 aromatic heterocycles. The molecule has 0 saturated carbocycles. The van der Waals surface area contributed by atoms with Crippen LogP contribution >= 0.6 is 0 Å². The molecule has 0 bridgehead atoms. The van der Waals surface area contributed by atoms with Crippen LogP contribution in [0.25, 0.3) is 11.4 Å². The third kappa shape index (κ3) is 2.55. The first-order valence-corrected chi connectivity index (χ1v) is 9.01. The number of aryl methyl sites for hydroxylation is 2. The number of hydrogen-bond acceptors (Lipinski definition) is 3. The van der Waals surface area contributed by atoms with E-state index in [1.165, 1.54) is 6.20 Å². The van der Waals surface area contributed by atoms with Gasteiger partial charge in [0.15, 0.2) is 0 Å². The Hall–Kier alpha value is -3.02. The molecule has 4 rings (SSSR count). The van der Waals surface area contributed by atoms with Gasteiger partial charge in [0.2, 0.25) is 0 Å². The summed E-state index contributed by atoms with van der Waals surface area (Å²) in [5, 5.41) is 4.66. The van der Waals surface area contributed by atoms with E-state index in [4.69, 9.17) is 0 Å². The molecule has 1 aliphatic rings. The fraction of sp³-hybridized carbons (Fsp3) is 0.286. The van der Waals surface area contributed by atoms with Crippen molar-refractivity contribution < 1.29 is 9.28 Å². The number of pyridine rings is 1. The van der Waals surface area contributed by atoms with E-state index in [0.717, 1.165) is 16.8 Å². The molecular weight excluding hydrogens is 343 g/mol. The van der Waals surface area contributed by atoms with Crippen LogP contribution in [0.4, 0.5) is 4.48 Å². The second-order valence-corrected chi connectivity index (χ2v) is 7.05. The van der Waals surface area contributed by atoms with Crippen LogP contribution in [0.2, 0.25) is 0 Å². The first-order valence-electron chi connectivity index (χ1n) is 9.01. The number of amides is 1. The zero-order valence-corrected chi connectivity index (χ0v) is 15.6. The summed E-state index contributed by atoms with van der Waals surface area (Å²) < 4.78 is 16.9. The van der Waals surface area contributed by atoms with E-state index < -0.39 is 11.4 Å². The van der Waals surface area contributed by atoms with E-state index in [-0.39, 0.29) is 0 Å². The van der Waals surface area contributed by atoms with Crippen molar-refractivity contribution in [3.63, 3.8) is 0 Å². The van der Waals surface area contributed by atoms with Crippen molar-refractivity contribution in [2.24, 2.45) is 7.05 Å². The summed E-state index contributed by atoms with van der Waals surface area (Å²) in [4.78, 5) is 17.0. The van der Waals surface area contributed by atoms with Gasteiger partial charge in [-0.3, -0.25) is 14.5 Å². The van der Waals surface area contributed by atoms with E-state index in [9.17, 15) is 4.79 Å². The largest absolute Gasteiger partial charge is 0.284 e. The average molecular weight is 364 g/mol. The molecule has 0 aliphatic carbocycles. The minimum absolute atomic E-state index is 0.332. The summed E-state index contributed by atoms with van der Waals surface area (Å²) in [5.74, 6) is -0.622. The van der Waals surface area contributed by atoms with E-state index in [1.54, 1.807) is 10.9 Å².